The monoisotopic (exact) mass is 369 g/mol. The van der Waals surface area contributed by atoms with Gasteiger partial charge in [0.2, 0.25) is 0 Å². The lowest BCUT2D eigenvalue weighted by atomic mass is 10.2. The van der Waals surface area contributed by atoms with E-state index in [-0.39, 0.29) is 17.2 Å². The molecule has 0 saturated carbocycles. The first-order valence-electron chi connectivity index (χ1n) is 7.77. The molecular weight excluding hydrogens is 357 g/mol. The van der Waals surface area contributed by atoms with E-state index in [4.69, 9.17) is 11.6 Å². The molecule has 0 spiro atoms. The Labute approximate surface area is 152 Å². The molecule has 3 heterocycles. The van der Waals surface area contributed by atoms with Gasteiger partial charge in [0.25, 0.3) is 0 Å². The third-order valence-corrected chi connectivity index (χ3v) is 4.17. The van der Waals surface area contributed by atoms with Crippen LogP contribution < -0.4 is 5.32 Å². The van der Waals surface area contributed by atoms with E-state index in [1.165, 1.54) is 12.1 Å². The maximum absolute atomic E-state index is 14.2. The molecule has 3 N–H and O–H groups in total. The van der Waals surface area contributed by atoms with E-state index in [0.717, 1.165) is 5.56 Å². The number of nitrogens with zero attached hydrogens (tertiary/aromatic N) is 3. The fourth-order valence-electron chi connectivity index (χ4n) is 2.63. The van der Waals surface area contributed by atoms with E-state index in [1.54, 1.807) is 36.7 Å². The number of anilines is 2. The minimum absolute atomic E-state index is 0.0901. The summed E-state index contributed by atoms with van der Waals surface area (Å²) in [7, 11) is 0. The molecule has 0 radical (unpaired) electrons. The second-order valence-electron chi connectivity index (χ2n) is 5.57. The van der Waals surface area contributed by atoms with E-state index in [0.29, 0.717) is 28.5 Å². The van der Waals surface area contributed by atoms with Crippen molar-refractivity contribution in [2.75, 3.05) is 5.32 Å². The molecule has 1 aromatic carbocycles. The summed E-state index contributed by atoms with van der Waals surface area (Å²) in [6.45, 7) is -0.0901. The third-order valence-electron chi connectivity index (χ3n) is 3.85. The quantitative estimate of drug-likeness (QED) is 0.505. The van der Waals surface area contributed by atoms with E-state index in [1.807, 2.05) is 0 Å². The molecule has 8 heteroatoms. The van der Waals surface area contributed by atoms with Gasteiger partial charge in [0.1, 0.15) is 23.0 Å². The van der Waals surface area contributed by atoms with Crippen LogP contribution in [0, 0.1) is 5.82 Å². The number of nitrogens with one attached hydrogen (secondary N) is 2. The van der Waals surface area contributed by atoms with Gasteiger partial charge >= 0.3 is 0 Å². The van der Waals surface area contributed by atoms with E-state index in [9.17, 15) is 9.50 Å². The Morgan fingerprint density at radius 2 is 2.00 bits per heavy atom. The number of fused-ring (bicyclic) bond motifs is 1. The average Bonchev–Trinajstić information content (AvgIpc) is 3.06. The van der Waals surface area contributed by atoms with Gasteiger partial charge in [-0.15, -0.1) is 0 Å². The zero-order chi connectivity index (χ0) is 18.1. The molecule has 0 aliphatic rings. The highest BCUT2D eigenvalue weighted by Gasteiger charge is 2.16. The summed E-state index contributed by atoms with van der Waals surface area (Å²) < 4.78 is 14.2. The van der Waals surface area contributed by atoms with Crippen LogP contribution in [0.5, 0.6) is 0 Å². The minimum atomic E-state index is -0.462. The minimum Gasteiger partial charge on any atom is -0.392 e. The van der Waals surface area contributed by atoms with Crippen molar-refractivity contribution in [2.24, 2.45) is 0 Å². The van der Waals surface area contributed by atoms with Gasteiger partial charge in [0.05, 0.1) is 22.7 Å². The SMILES string of the molecule is OCc1ccnc(Nc2nccc3[nH]c(-c4c(F)cccc4Cl)nc23)c1. The predicted molar refractivity (Wildman–Crippen MR) is 97.7 cm³/mol. The van der Waals surface area contributed by atoms with Crippen LogP contribution in [0.25, 0.3) is 22.4 Å². The number of aromatic nitrogens is 4. The number of H-pyrrole nitrogens is 1. The number of imidazole rings is 1. The number of hydrogen-bond acceptors (Lipinski definition) is 5. The lowest BCUT2D eigenvalue weighted by Crippen LogP contribution is -1.98. The summed E-state index contributed by atoms with van der Waals surface area (Å²) in [6, 6.07) is 9.64. The second-order valence-corrected chi connectivity index (χ2v) is 5.98. The van der Waals surface area contributed by atoms with Crippen molar-refractivity contribution in [3.63, 3.8) is 0 Å². The number of pyridine rings is 2. The Bertz CT molecular complexity index is 1080. The lowest BCUT2D eigenvalue weighted by molar-refractivity contribution is 0.282. The molecule has 0 atom stereocenters. The normalized spacial score (nSPS) is 11.0. The Kier molecular flexibility index (Phi) is 4.24. The summed E-state index contributed by atoms with van der Waals surface area (Å²) in [5.41, 5.74) is 2.13. The maximum Gasteiger partial charge on any atom is 0.159 e. The summed E-state index contributed by atoms with van der Waals surface area (Å²) in [5.74, 6) is 0.831. The van der Waals surface area contributed by atoms with Gasteiger partial charge in [-0.05, 0) is 35.9 Å². The summed E-state index contributed by atoms with van der Waals surface area (Å²) >= 11 is 6.13. The van der Waals surface area contributed by atoms with Crippen LogP contribution in [0.1, 0.15) is 5.56 Å². The molecule has 0 amide bonds. The molecule has 3 aromatic heterocycles. The van der Waals surface area contributed by atoms with Crippen LogP contribution in [0.3, 0.4) is 0 Å². The molecule has 130 valence electrons. The first-order valence-corrected chi connectivity index (χ1v) is 8.15. The molecule has 4 aromatic rings. The smallest absolute Gasteiger partial charge is 0.159 e. The maximum atomic E-state index is 14.2. The van der Waals surface area contributed by atoms with Crippen LogP contribution >= 0.6 is 11.6 Å². The van der Waals surface area contributed by atoms with Crippen molar-refractivity contribution in [2.45, 2.75) is 6.61 Å². The molecule has 26 heavy (non-hydrogen) atoms. The Morgan fingerprint density at radius 1 is 1.15 bits per heavy atom. The molecule has 6 nitrogen and oxygen atoms in total. The van der Waals surface area contributed by atoms with Crippen LogP contribution in [-0.2, 0) is 6.61 Å². The first-order chi connectivity index (χ1) is 12.7. The highest BCUT2D eigenvalue weighted by atomic mass is 35.5. The van der Waals surface area contributed by atoms with E-state index >= 15 is 0 Å². The van der Waals surface area contributed by atoms with Crippen molar-refractivity contribution in [3.05, 3.63) is 65.2 Å². The molecule has 0 bridgehead atoms. The van der Waals surface area contributed by atoms with Crippen molar-refractivity contribution in [1.29, 1.82) is 0 Å². The Morgan fingerprint density at radius 3 is 2.81 bits per heavy atom. The van der Waals surface area contributed by atoms with Crippen molar-refractivity contribution in [3.8, 4) is 11.4 Å². The number of halogens is 2. The van der Waals surface area contributed by atoms with Gasteiger partial charge in [-0.2, -0.15) is 0 Å². The Balaban J connectivity index is 1.79. The molecule has 0 fully saturated rings. The van der Waals surface area contributed by atoms with Gasteiger partial charge in [0.15, 0.2) is 5.82 Å². The third kappa shape index (κ3) is 2.98. The average molecular weight is 370 g/mol. The first kappa shape index (κ1) is 16.4. The predicted octanol–water partition coefficient (Wildman–Crippen LogP) is 4.05. The van der Waals surface area contributed by atoms with Gasteiger partial charge in [-0.1, -0.05) is 17.7 Å². The summed E-state index contributed by atoms with van der Waals surface area (Å²) in [6.07, 6.45) is 3.19. The second kappa shape index (κ2) is 6.70. The molecule has 0 saturated heterocycles. The number of rotatable bonds is 4. The highest BCUT2D eigenvalue weighted by molar-refractivity contribution is 6.33. The number of aromatic amines is 1. The largest absolute Gasteiger partial charge is 0.392 e. The van der Waals surface area contributed by atoms with Crippen LogP contribution in [0.2, 0.25) is 5.02 Å². The van der Waals surface area contributed by atoms with Gasteiger partial charge < -0.3 is 15.4 Å². The molecule has 0 unspecified atom stereocenters. The fourth-order valence-corrected chi connectivity index (χ4v) is 2.88. The van der Waals surface area contributed by atoms with Gasteiger partial charge in [0, 0.05) is 12.4 Å². The summed E-state index contributed by atoms with van der Waals surface area (Å²) in [5, 5.41) is 12.6. The van der Waals surface area contributed by atoms with Gasteiger partial charge in [-0.25, -0.2) is 19.3 Å². The van der Waals surface area contributed by atoms with Crippen LogP contribution in [-0.4, -0.2) is 25.0 Å². The van der Waals surface area contributed by atoms with E-state index in [2.05, 4.69) is 25.3 Å². The van der Waals surface area contributed by atoms with Crippen LogP contribution in [0.15, 0.2) is 48.8 Å². The zero-order valence-electron chi connectivity index (χ0n) is 13.4. The van der Waals surface area contributed by atoms with Crippen molar-refractivity contribution in [1.82, 2.24) is 19.9 Å². The van der Waals surface area contributed by atoms with Crippen molar-refractivity contribution >= 4 is 34.3 Å². The number of aliphatic hydroxyl groups is 1. The molecular formula is C18H13ClFN5O. The lowest BCUT2D eigenvalue weighted by Gasteiger charge is -2.06. The molecule has 0 aliphatic heterocycles. The molecule has 4 rings (SSSR count). The number of benzene rings is 1. The summed E-state index contributed by atoms with van der Waals surface area (Å²) in [4.78, 5) is 16.0. The zero-order valence-corrected chi connectivity index (χ0v) is 14.1. The number of hydrogen-bond donors (Lipinski definition) is 3. The fraction of sp³-hybridized carbons (Fsp3) is 0.0556. The van der Waals surface area contributed by atoms with Crippen LogP contribution in [0.4, 0.5) is 16.0 Å². The number of aliphatic hydroxyl groups excluding tert-OH is 1. The van der Waals surface area contributed by atoms with Crippen molar-refractivity contribution < 1.29 is 9.50 Å². The topological polar surface area (TPSA) is 86.7 Å². The molecule has 0 aliphatic carbocycles. The highest BCUT2D eigenvalue weighted by Crippen LogP contribution is 2.31. The van der Waals surface area contributed by atoms with Gasteiger partial charge in [-0.3, -0.25) is 0 Å². The Hall–Kier alpha value is -3.03. The van der Waals surface area contributed by atoms with E-state index < -0.39 is 5.82 Å². The standard InChI is InChI=1S/C18H13ClFN5O/c19-11-2-1-3-12(20)15(11)17-23-13-5-7-22-18(16(13)25-17)24-14-8-10(9-26)4-6-21-14/h1-8,26H,9H2,(H,23,25)(H,21,22,24).